The van der Waals surface area contributed by atoms with E-state index in [9.17, 15) is 14.4 Å². The fourth-order valence-corrected chi connectivity index (χ4v) is 2.52. The van der Waals surface area contributed by atoms with E-state index in [0.717, 1.165) is 31.5 Å². The topological polar surface area (TPSA) is 87.3 Å². The molecule has 1 aromatic rings. The first-order valence-electron chi connectivity index (χ1n) is 7.95. The summed E-state index contributed by atoms with van der Waals surface area (Å²) in [6.07, 6.45) is 1.69. The van der Waals surface area contributed by atoms with Crippen molar-refractivity contribution in [3.63, 3.8) is 0 Å². The van der Waals surface area contributed by atoms with E-state index in [2.05, 4.69) is 16.0 Å². The van der Waals surface area contributed by atoms with E-state index in [4.69, 9.17) is 0 Å². The zero-order valence-electron chi connectivity index (χ0n) is 13.4. The highest BCUT2D eigenvalue weighted by Crippen LogP contribution is 2.11. The number of benzene rings is 1. The number of piperidine rings is 1. The molecule has 2 rings (SSSR count). The van der Waals surface area contributed by atoms with Gasteiger partial charge in [0, 0.05) is 24.4 Å². The predicted octanol–water partition coefficient (Wildman–Crippen LogP) is 1.39. The average Bonchev–Trinajstić information content (AvgIpc) is 2.56. The van der Waals surface area contributed by atoms with Crippen LogP contribution in [0.5, 0.6) is 0 Å². The Hall–Kier alpha value is -2.21. The number of hydrogen-bond acceptors (Lipinski definition) is 4. The zero-order valence-corrected chi connectivity index (χ0v) is 13.4. The van der Waals surface area contributed by atoms with Crippen molar-refractivity contribution in [2.24, 2.45) is 5.92 Å². The third-order valence-corrected chi connectivity index (χ3v) is 3.96. The van der Waals surface area contributed by atoms with Gasteiger partial charge in [-0.2, -0.15) is 0 Å². The predicted molar refractivity (Wildman–Crippen MR) is 87.3 cm³/mol. The molecule has 1 aliphatic heterocycles. The normalized spacial score (nSPS) is 15.0. The van der Waals surface area contributed by atoms with Gasteiger partial charge in [0.25, 0.3) is 0 Å². The number of hydrogen-bond donors (Lipinski definition) is 3. The van der Waals surface area contributed by atoms with Crippen LogP contribution in [0.4, 0.5) is 4.79 Å². The molecule has 0 bridgehead atoms. The molecule has 0 radical (unpaired) electrons. The molecule has 1 saturated heterocycles. The van der Waals surface area contributed by atoms with Crippen LogP contribution in [0.3, 0.4) is 0 Å². The average molecular weight is 317 g/mol. The van der Waals surface area contributed by atoms with Crippen LogP contribution < -0.4 is 16.0 Å². The van der Waals surface area contributed by atoms with Crippen molar-refractivity contribution in [1.82, 2.24) is 16.0 Å². The lowest BCUT2D eigenvalue weighted by Crippen LogP contribution is -2.45. The highest BCUT2D eigenvalue weighted by Gasteiger charge is 2.22. The summed E-state index contributed by atoms with van der Waals surface area (Å²) in [6, 6.07) is 6.78. The number of carbonyl (C=O) groups excluding carboxylic acids is 3. The molecule has 1 fully saturated rings. The van der Waals surface area contributed by atoms with Crippen molar-refractivity contribution >= 4 is 17.7 Å². The summed E-state index contributed by atoms with van der Waals surface area (Å²) in [6.45, 7) is 3.76. The minimum absolute atomic E-state index is 0.0324. The second-order valence-corrected chi connectivity index (χ2v) is 5.81. The SMILES string of the molecule is Cc1ccc(C(=O)CCNC(=O)NC(=O)C2CCNCC2)cc1. The monoisotopic (exact) mass is 317 g/mol. The van der Waals surface area contributed by atoms with Crippen LogP contribution in [-0.4, -0.2) is 37.4 Å². The fraction of sp³-hybridized carbons (Fsp3) is 0.471. The Labute approximate surface area is 136 Å². The molecule has 1 aromatic carbocycles. The summed E-state index contributed by atoms with van der Waals surface area (Å²) in [5.41, 5.74) is 1.72. The first-order chi connectivity index (χ1) is 11.1. The maximum absolute atomic E-state index is 12.0. The Morgan fingerprint density at radius 3 is 2.43 bits per heavy atom. The Bertz CT molecular complexity index is 563. The van der Waals surface area contributed by atoms with Gasteiger partial charge in [-0.15, -0.1) is 0 Å². The summed E-state index contributed by atoms with van der Waals surface area (Å²) >= 11 is 0. The first kappa shape index (κ1) is 17.1. The Morgan fingerprint density at radius 2 is 1.78 bits per heavy atom. The molecule has 0 spiro atoms. The molecule has 0 saturated carbocycles. The van der Waals surface area contributed by atoms with Crippen molar-refractivity contribution < 1.29 is 14.4 Å². The number of ketones is 1. The minimum Gasteiger partial charge on any atom is -0.337 e. The number of rotatable bonds is 5. The van der Waals surface area contributed by atoms with Gasteiger partial charge in [0.2, 0.25) is 5.91 Å². The van der Waals surface area contributed by atoms with Gasteiger partial charge in [-0.3, -0.25) is 14.9 Å². The second-order valence-electron chi connectivity index (χ2n) is 5.81. The molecule has 3 amide bonds. The van der Waals surface area contributed by atoms with Crippen LogP contribution in [0.2, 0.25) is 0 Å². The Kier molecular flexibility index (Phi) is 6.29. The maximum Gasteiger partial charge on any atom is 0.321 e. The molecule has 23 heavy (non-hydrogen) atoms. The van der Waals surface area contributed by atoms with E-state index in [-0.39, 0.29) is 30.6 Å². The maximum atomic E-state index is 12.0. The molecule has 3 N–H and O–H groups in total. The number of carbonyl (C=O) groups is 3. The number of Topliss-reactive ketones (excluding diaryl/α,β-unsaturated/α-hetero) is 1. The molecular weight excluding hydrogens is 294 g/mol. The summed E-state index contributed by atoms with van der Waals surface area (Å²) in [5.74, 6) is -0.389. The van der Waals surface area contributed by atoms with E-state index in [1.165, 1.54) is 0 Å². The molecule has 0 unspecified atom stereocenters. The lowest BCUT2D eigenvalue weighted by atomic mass is 9.97. The highest BCUT2D eigenvalue weighted by atomic mass is 16.2. The number of imide groups is 1. The molecule has 6 heteroatoms. The quantitative estimate of drug-likeness (QED) is 0.716. The van der Waals surface area contributed by atoms with E-state index in [1.54, 1.807) is 12.1 Å². The zero-order chi connectivity index (χ0) is 16.7. The van der Waals surface area contributed by atoms with Crippen molar-refractivity contribution in [1.29, 1.82) is 0 Å². The van der Waals surface area contributed by atoms with E-state index in [0.29, 0.717) is 5.56 Å². The molecule has 124 valence electrons. The lowest BCUT2D eigenvalue weighted by Gasteiger charge is -2.21. The van der Waals surface area contributed by atoms with Gasteiger partial charge in [0.05, 0.1) is 0 Å². The highest BCUT2D eigenvalue weighted by molar-refractivity contribution is 5.97. The van der Waals surface area contributed by atoms with Crippen molar-refractivity contribution in [2.45, 2.75) is 26.2 Å². The summed E-state index contributed by atoms with van der Waals surface area (Å²) in [4.78, 5) is 35.5. The number of urea groups is 1. The van der Waals surface area contributed by atoms with E-state index < -0.39 is 6.03 Å². The van der Waals surface area contributed by atoms with Gasteiger partial charge in [0.15, 0.2) is 5.78 Å². The first-order valence-corrected chi connectivity index (χ1v) is 7.95. The second kappa shape index (κ2) is 8.43. The standard InChI is InChI=1S/C17H23N3O3/c1-12-2-4-13(5-3-12)15(21)8-11-19-17(23)20-16(22)14-6-9-18-10-7-14/h2-5,14,18H,6-11H2,1H3,(H2,19,20,22,23). The van der Waals surface area contributed by atoms with Crippen LogP contribution in [-0.2, 0) is 4.79 Å². The molecule has 1 heterocycles. The van der Waals surface area contributed by atoms with Crippen LogP contribution in [0.25, 0.3) is 0 Å². The molecule has 0 aromatic heterocycles. The van der Waals surface area contributed by atoms with Crippen LogP contribution in [0.15, 0.2) is 24.3 Å². The smallest absolute Gasteiger partial charge is 0.321 e. The van der Waals surface area contributed by atoms with Gasteiger partial charge in [-0.05, 0) is 32.9 Å². The number of aryl methyl sites for hydroxylation is 1. The molecule has 6 nitrogen and oxygen atoms in total. The van der Waals surface area contributed by atoms with E-state index in [1.807, 2.05) is 19.1 Å². The van der Waals surface area contributed by atoms with Gasteiger partial charge < -0.3 is 10.6 Å². The summed E-state index contributed by atoms with van der Waals surface area (Å²) in [7, 11) is 0. The van der Waals surface area contributed by atoms with Crippen LogP contribution in [0, 0.1) is 12.8 Å². The number of amides is 3. The summed E-state index contributed by atoms with van der Waals surface area (Å²) < 4.78 is 0. The molecule has 0 aliphatic carbocycles. The van der Waals surface area contributed by atoms with E-state index >= 15 is 0 Å². The molecule has 0 atom stereocenters. The van der Waals surface area contributed by atoms with Crippen molar-refractivity contribution in [3.8, 4) is 0 Å². The van der Waals surface area contributed by atoms with Gasteiger partial charge >= 0.3 is 6.03 Å². The summed E-state index contributed by atoms with van der Waals surface area (Å²) in [5, 5.41) is 8.07. The van der Waals surface area contributed by atoms with Crippen LogP contribution in [0.1, 0.15) is 35.2 Å². The van der Waals surface area contributed by atoms with Crippen LogP contribution >= 0.6 is 0 Å². The van der Waals surface area contributed by atoms with Gasteiger partial charge in [-0.25, -0.2) is 4.79 Å². The third kappa shape index (κ3) is 5.49. The van der Waals surface area contributed by atoms with Crippen molar-refractivity contribution in [3.05, 3.63) is 35.4 Å². The van der Waals surface area contributed by atoms with Gasteiger partial charge in [0.1, 0.15) is 0 Å². The molecule has 1 aliphatic rings. The lowest BCUT2D eigenvalue weighted by molar-refractivity contribution is -0.124. The third-order valence-electron chi connectivity index (χ3n) is 3.96. The molecular formula is C17H23N3O3. The Balaban J connectivity index is 1.68. The minimum atomic E-state index is -0.537. The number of nitrogens with one attached hydrogen (secondary N) is 3. The van der Waals surface area contributed by atoms with Crippen molar-refractivity contribution in [2.75, 3.05) is 19.6 Å². The van der Waals surface area contributed by atoms with Gasteiger partial charge in [-0.1, -0.05) is 29.8 Å². The largest absolute Gasteiger partial charge is 0.337 e. The Morgan fingerprint density at radius 1 is 1.13 bits per heavy atom. The fourth-order valence-electron chi connectivity index (χ4n) is 2.52.